The van der Waals surface area contributed by atoms with Gasteiger partial charge in [0.15, 0.2) is 0 Å². The molecule has 0 saturated heterocycles. The summed E-state index contributed by atoms with van der Waals surface area (Å²) in [5.74, 6) is -0.900. The van der Waals surface area contributed by atoms with Gasteiger partial charge in [0, 0.05) is 18.0 Å². The van der Waals surface area contributed by atoms with Crippen LogP contribution in [-0.4, -0.2) is 60.4 Å². The minimum Gasteiger partial charge on any atom is -0.506 e. The van der Waals surface area contributed by atoms with E-state index in [0.29, 0.717) is 49.2 Å². The number of halogens is 2. The lowest BCUT2D eigenvalue weighted by Gasteiger charge is -2.16. The van der Waals surface area contributed by atoms with Crippen LogP contribution in [0.2, 0.25) is 0 Å². The standard InChI is InChI=1S/C26H29Br2N3O5/c27-22-15-21(24(33)23(28)25(22)34)16-30-31-26(35)20(7-8-29-9-11-36-12-10-32)14-17-5-6-18-3-1-2-4-19(18)13-17/h1-6,13,15-16,20,29,32-34H,7-12,14H2,(H,31,35)/b30-16-. The molecule has 10 heteroatoms. The van der Waals surface area contributed by atoms with Crippen molar-refractivity contribution in [1.82, 2.24) is 10.7 Å². The van der Waals surface area contributed by atoms with Crippen LogP contribution >= 0.6 is 31.9 Å². The Kier molecular flexibility index (Phi) is 11.1. The van der Waals surface area contributed by atoms with Gasteiger partial charge in [-0.25, -0.2) is 5.43 Å². The second-order valence-corrected chi connectivity index (χ2v) is 9.80. The monoisotopic (exact) mass is 621 g/mol. The van der Waals surface area contributed by atoms with Crippen LogP contribution in [0.15, 0.2) is 62.6 Å². The molecule has 0 aromatic heterocycles. The molecule has 1 amide bonds. The molecule has 192 valence electrons. The fourth-order valence-corrected chi connectivity index (χ4v) is 4.81. The summed E-state index contributed by atoms with van der Waals surface area (Å²) in [6.07, 6.45) is 2.44. The summed E-state index contributed by atoms with van der Waals surface area (Å²) in [6, 6.07) is 15.8. The Morgan fingerprint density at radius 2 is 1.81 bits per heavy atom. The van der Waals surface area contributed by atoms with Gasteiger partial charge >= 0.3 is 0 Å². The number of carbonyl (C=O) groups excluding carboxylic acids is 1. The number of phenolic OH excluding ortho intramolecular Hbond substituents is 2. The molecule has 3 aromatic rings. The molecule has 3 rings (SSSR count). The Bertz CT molecular complexity index is 1210. The zero-order chi connectivity index (χ0) is 25.9. The number of hydrogen-bond acceptors (Lipinski definition) is 7. The van der Waals surface area contributed by atoms with Crippen molar-refractivity contribution in [3.8, 4) is 11.5 Å². The summed E-state index contributed by atoms with van der Waals surface area (Å²) >= 11 is 6.34. The first-order valence-electron chi connectivity index (χ1n) is 11.5. The quantitative estimate of drug-likeness (QED) is 0.111. The molecule has 8 nitrogen and oxygen atoms in total. The molecule has 36 heavy (non-hydrogen) atoms. The molecule has 0 bridgehead atoms. The van der Waals surface area contributed by atoms with E-state index >= 15 is 0 Å². The maximum absolute atomic E-state index is 13.1. The molecular formula is C26H29Br2N3O5. The molecule has 0 aliphatic rings. The van der Waals surface area contributed by atoms with Gasteiger partial charge in [0.25, 0.3) is 0 Å². The predicted molar refractivity (Wildman–Crippen MR) is 147 cm³/mol. The lowest BCUT2D eigenvalue weighted by atomic mass is 9.94. The van der Waals surface area contributed by atoms with Crippen LogP contribution in [0.3, 0.4) is 0 Å². The number of fused-ring (bicyclic) bond motifs is 1. The normalized spacial score (nSPS) is 12.3. The topological polar surface area (TPSA) is 123 Å². The zero-order valence-corrected chi connectivity index (χ0v) is 22.8. The summed E-state index contributed by atoms with van der Waals surface area (Å²) in [4.78, 5) is 13.1. The molecule has 0 radical (unpaired) electrons. The van der Waals surface area contributed by atoms with Gasteiger partial charge < -0.3 is 25.4 Å². The van der Waals surface area contributed by atoms with Crippen LogP contribution in [0.25, 0.3) is 10.8 Å². The van der Waals surface area contributed by atoms with Gasteiger partial charge in [-0.1, -0.05) is 42.5 Å². The maximum Gasteiger partial charge on any atom is 0.243 e. The average molecular weight is 623 g/mol. The van der Waals surface area contributed by atoms with Gasteiger partial charge in [0.1, 0.15) is 16.0 Å². The highest BCUT2D eigenvalue weighted by molar-refractivity contribution is 9.11. The van der Waals surface area contributed by atoms with Crippen LogP contribution in [0.4, 0.5) is 0 Å². The van der Waals surface area contributed by atoms with E-state index in [2.05, 4.69) is 65.9 Å². The van der Waals surface area contributed by atoms with E-state index in [1.54, 1.807) is 0 Å². The molecule has 0 aliphatic heterocycles. The molecule has 5 N–H and O–H groups in total. The summed E-state index contributed by atoms with van der Waals surface area (Å²) in [5, 5.41) is 38.4. The van der Waals surface area contributed by atoms with E-state index in [9.17, 15) is 15.0 Å². The van der Waals surface area contributed by atoms with Crippen LogP contribution in [-0.2, 0) is 16.0 Å². The summed E-state index contributed by atoms with van der Waals surface area (Å²) in [5.41, 5.74) is 3.96. The van der Waals surface area contributed by atoms with Crippen molar-refractivity contribution in [2.75, 3.05) is 32.9 Å². The second kappa shape index (κ2) is 14.3. The van der Waals surface area contributed by atoms with E-state index in [4.69, 9.17) is 9.84 Å². The zero-order valence-electron chi connectivity index (χ0n) is 19.6. The highest BCUT2D eigenvalue weighted by Gasteiger charge is 2.19. The van der Waals surface area contributed by atoms with Gasteiger partial charge in [-0.2, -0.15) is 5.10 Å². The number of phenols is 2. The highest BCUT2D eigenvalue weighted by atomic mass is 79.9. The Labute approximate surface area is 226 Å². The third kappa shape index (κ3) is 8.01. The number of aromatic hydroxyl groups is 2. The molecule has 1 atom stereocenters. The van der Waals surface area contributed by atoms with Crippen LogP contribution in [0.5, 0.6) is 11.5 Å². The van der Waals surface area contributed by atoms with Crippen molar-refractivity contribution in [3.63, 3.8) is 0 Å². The Hall–Kier alpha value is -2.50. The van der Waals surface area contributed by atoms with Gasteiger partial charge in [-0.3, -0.25) is 4.79 Å². The number of nitrogens with one attached hydrogen (secondary N) is 2. The molecule has 0 saturated carbocycles. The summed E-state index contributed by atoms with van der Waals surface area (Å²) in [6.45, 7) is 2.00. The lowest BCUT2D eigenvalue weighted by molar-refractivity contribution is -0.125. The van der Waals surface area contributed by atoms with E-state index in [-0.39, 0.29) is 34.4 Å². The molecule has 0 heterocycles. The smallest absolute Gasteiger partial charge is 0.243 e. The highest BCUT2D eigenvalue weighted by Crippen LogP contribution is 2.40. The van der Waals surface area contributed by atoms with Gasteiger partial charge in [-0.05, 0) is 73.6 Å². The minimum atomic E-state index is -0.346. The fraction of sp³-hybridized carbons (Fsp3) is 0.308. The summed E-state index contributed by atoms with van der Waals surface area (Å²) < 4.78 is 5.76. The third-order valence-electron chi connectivity index (χ3n) is 5.57. The first-order valence-corrected chi connectivity index (χ1v) is 13.1. The molecule has 0 spiro atoms. The second-order valence-electron chi connectivity index (χ2n) is 8.15. The molecule has 0 aliphatic carbocycles. The van der Waals surface area contributed by atoms with Crippen molar-refractivity contribution in [3.05, 3.63) is 68.6 Å². The number of aliphatic hydroxyl groups excluding tert-OH is 1. The van der Waals surface area contributed by atoms with Crippen molar-refractivity contribution in [1.29, 1.82) is 0 Å². The van der Waals surface area contributed by atoms with Gasteiger partial charge in [0.05, 0.1) is 30.5 Å². The van der Waals surface area contributed by atoms with Crippen LogP contribution < -0.4 is 10.7 Å². The number of rotatable bonds is 13. The van der Waals surface area contributed by atoms with Crippen molar-refractivity contribution >= 4 is 54.8 Å². The number of hydrogen-bond donors (Lipinski definition) is 5. The van der Waals surface area contributed by atoms with Crippen LogP contribution in [0, 0.1) is 5.92 Å². The van der Waals surface area contributed by atoms with Crippen molar-refractivity contribution in [2.45, 2.75) is 12.8 Å². The largest absolute Gasteiger partial charge is 0.506 e. The number of aliphatic hydroxyl groups is 1. The van der Waals surface area contributed by atoms with Gasteiger partial charge in [0.2, 0.25) is 5.91 Å². The Morgan fingerprint density at radius 1 is 1.03 bits per heavy atom. The number of ether oxygens (including phenoxy) is 1. The van der Waals surface area contributed by atoms with E-state index in [0.717, 1.165) is 16.3 Å². The fourth-order valence-electron chi connectivity index (χ4n) is 3.66. The SMILES string of the molecule is O=C(N/N=C\c1cc(Br)c(O)c(Br)c1O)C(CCNCCOCCO)Cc1ccc2ccccc2c1. The molecular weight excluding hydrogens is 594 g/mol. The molecule has 1 unspecified atom stereocenters. The Morgan fingerprint density at radius 3 is 2.58 bits per heavy atom. The van der Waals surface area contributed by atoms with Crippen LogP contribution in [0.1, 0.15) is 17.5 Å². The first kappa shape index (κ1) is 28.1. The first-order chi connectivity index (χ1) is 17.4. The van der Waals surface area contributed by atoms with Crippen molar-refractivity contribution < 1.29 is 24.9 Å². The average Bonchev–Trinajstić information content (AvgIpc) is 2.89. The van der Waals surface area contributed by atoms with E-state index in [1.165, 1.54) is 12.3 Å². The predicted octanol–water partition coefficient (Wildman–Crippen LogP) is 4.07. The molecule has 0 fully saturated rings. The lowest BCUT2D eigenvalue weighted by Crippen LogP contribution is -2.32. The van der Waals surface area contributed by atoms with Crippen molar-refractivity contribution in [2.24, 2.45) is 11.0 Å². The third-order valence-corrected chi connectivity index (χ3v) is 6.93. The number of carbonyl (C=O) groups is 1. The maximum atomic E-state index is 13.1. The number of nitrogens with zero attached hydrogens (tertiary/aromatic N) is 1. The number of amides is 1. The molecule has 3 aromatic carbocycles. The number of benzene rings is 3. The van der Waals surface area contributed by atoms with E-state index < -0.39 is 0 Å². The summed E-state index contributed by atoms with van der Waals surface area (Å²) in [7, 11) is 0. The van der Waals surface area contributed by atoms with Gasteiger partial charge in [-0.15, -0.1) is 0 Å². The minimum absolute atomic E-state index is 0.00958. The number of hydrazone groups is 1. The van der Waals surface area contributed by atoms with E-state index in [1.807, 2.05) is 24.3 Å². The Balaban J connectivity index is 1.67.